The fourth-order valence-electron chi connectivity index (χ4n) is 2.81. The Kier molecular flexibility index (Phi) is 5.64. The van der Waals surface area contributed by atoms with Crippen molar-refractivity contribution < 1.29 is 10.0 Å². The second-order valence-electron chi connectivity index (χ2n) is 5.18. The highest BCUT2D eigenvalue weighted by atomic mass is 16.5. The van der Waals surface area contributed by atoms with Crippen LogP contribution in [-0.2, 0) is 4.79 Å². The first-order chi connectivity index (χ1) is 10.8. The first kappa shape index (κ1) is 16.1. The average molecular weight is 295 g/mol. The molecule has 1 aliphatic rings. The smallest absolute Gasteiger partial charge is 0.136 e. The Morgan fingerprint density at radius 3 is 1.55 bits per heavy atom. The predicted octanol–water partition coefficient (Wildman–Crippen LogP) is 4.33. The van der Waals surface area contributed by atoms with Crippen LogP contribution in [0.4, 0.5) is 0 Å². The number of nitrogens with zero attached hydrogens (tertiary/aromatic N) is 1. The highest BCUT2D eigenvalue weighted by Crippen LogP contribution is 2.38. The van der Waals surface area contributed by atoms with Gasteiger partial charge in [0.2, 0.25) is 0 Å². The van der Waals surface area contributed by atoms with E-state index in [-0.39, 0.29) is 17.9 Å². The first-order valence-corrected chi connectivity index (χ1v) is 7.34. The Labute approximate surface area is 131 Å². The maximum Gasteiger partial charge on any atom is 0.136 e. The molecule has 3 heteroatoms. The zero-order valence-corrected chi connectivity index (χ0v) is 12.6. The van der Waals surface area contributed by atoms with Crippen LogP contribution in [0, 0.1) is 0 Å². The van der Waals surface area contributed by atoms with E-state index in [2.05, 4.69) is 13.2 Å². The second kappa shape index (κ2) is 7.69. The summed E-state index contributed by atoms with van der Waals surface area (Å²) in [5.74, 6) is 0.193. The molecule has 2 aromatic rings. The van der Waals surface area contributed by atoms with Crippen molar-refractivity contribution in [3.63, 3.8) is 0 Å². The number of hydrogen-bond donors (Lipinski definition) is 1. The maximum absolute atomic E-state index is 12.0. The Bertz CT molecular complexity index is 546. The molecular formula is C19H21NO2. The van der Waals surface area contributed by atoms with Gasteiger partial charge in [-0.2, -0.15) is 5.06 Å². The van der Waals surface area contributed by atoms with Gasteiger partial charge in [0.15, 0.2) is 0 Å². The Hall–Kier alpha value is -2.23. The fraction of sp³-hybridized carbons (Fsp3) is 0.211. The standard InChI is InChI=1S/C17H17NO2.C2H4/c19-15-11-16(13-7-3-1-4-8-13)18(20)17(12-15)14-9-5-2-6-10-14;1-2/h1-10,16-17,20H,11-12H2;1-2H2. The highest BCUT2D eigenvalue weighted by molar-refractivity contribution is 5.81. The summed E-state index contributed by atoms with van der Waals surface area (Å²) in [5, 5.41) is 11.9. The van der Waals surface area contributed by atoms with E-state index in [9.17, 15) is 10.0 Å². The topological polar surface area (TPSA) is 40.5 Å². The summed E-state index contributed by atoms with van der Waals surface area (Å²) in [6.07, 6.45) is 0.730. The molecule has 1 aliphatic heterocycles. The summed E-state index contributed by atoms with van der Waals surface area (Å²) < 4.78 is 0. The van der Waals surface area contributed by atoms with Gasteiger partial charge in [0.1, 0.15) is 5.78 Å². The largest absolute Gasteiger partial charge is 0.313 e. The summed E-state index contributed by atoms with van der Waals surface area (Å²) >= 11 is 0. The van der Waals surface area contributed by atoms with Crippen LogP contribution in [0.3, 0.4) is 0 Å². The fourth-order valence-corrected chi connectivity index (χ4v) is 2.81. The van der Waals surface area contributed by atoms with E-state index in [0.29, 0.717) is 12.8 Å². The summed E-state index contributed by atoms with van der Waals surface area (Å²) in [6, 6.07) is 18.9. The monoisotopic (exact) mass is 295 g/mol. The number of piperidine rings is 1. The SMILES string of the molecule is C=C.O=C1CC(c2ccccc2)N(O)C(c2ccccc2)C1. The van der Waals surface area contributed by atoms with Gasteiger partial charge in [-0.15, -0.1) is 13.2 Å². The molecule has 3 nitrogen and oxygen atoms in total. The van der Waals surface area contributed by atoms with Crippen molar-refractivity contribution in [3.05, 3.63) is 84.9 Å². The molecule has 2 aromatic carbocycles. The maximum atomic E-state index is 12.0. The summed E-state index contributed by atoms with van der Waals surface area (Å²) in [6.45, 7) is 6.00. The van der Waals surface area contributed by atoms with Gasteiger partial charge in [-0.1, -0.05) is 60.7 Å². The molecule has 1 N–H and O–H groups in total. The van der Waals surface area contributed by atoms with E-state index in [1.54, 1.807) is 0 Å². The van der Waals surface area contributed by atoms with Crippen LogP contribution in [0.25, 0.3) is 0 Å². The van der Waals surface area contributed by atoms with Crippen molar-refractivity contribution in [3.8, 4) is 0 Å². The van der Waals surface area contributed by atoms with E-state index in [0.717, 1.165) is 11.1 Å². The molecule has 0 aromatic heterocycles. The number of ketones is 1. The molecule has 0 radical (unpaired) electrons. The van der Waals surface area contributed by atoms with Crippen molar-refractivity contribution in [2.75, 3.05) is 0 Å². The van der Waals surface area contributed by atoms with Crippen LogP contribution in [0.5, 0.6) is 0 Å². The number of hydrogen-bond acceptors (Lipinski definition) is 3. The quantitative estimate of drug-likeness (QED) is 0.839. The van der Waals surface area contributed by atoms with Crippen molar-refractivity contribution in [2.24, 2.45) is 0 Å². The van der Waals surface area contributed by atoms with Gasteiger partial charge >= 0.3 is 0 Å². The number of Topliss-reactive ketones (excluding diaryl/α,β-unsaturated/α-hetero) is 1. The minimum absolute atomic E-state index is 0.193. The van der Waals surface area contributed by atoms with Crippen molar-refractivity contribution in [1.29, 1.82) is 0 Å². The Morgan fingerprint density at radius 1 is 0.818 bits per heavy atom. The molecule has 3 rings (SSSR count). The summed E-state index contributed by atoms with van der Waals surface area (Å²) in [5.41, 5.74) is 1.95. The molecule has 1 saturated heterocycles. The minimum Gasteiger partial charge on any atom is -0.313 e. The third-order valence-electron chi connectivity index (χ3n) is 3.85. The van der Waals surface area contributed by atoms with E-state index < -0.39 is 0 Å². The summed E-state index contributed by atoms with van der Waals surface area (Å²) in [7, 11) is 0. The van der Waals surface area contributed by atoms with Crippen LogP contribution in [0.15, 0.2) is 73.8 Å². The third-order valence-corrected chi connectivity index (χ3v) is 3.85. The normalized spacial score (nSPS) is 21.8. The molecule has 1 fully saturated rings. The Morgan fingerprint density at radius 2 is 1.18 bits per heavy atom. The van der Waals surface area contributed by atoms with Crippen LogP contribution < -0.4 is 0 Å². The van der Waals surface area contributed by atoms with Crippen molar-refractivity contribution in [2.45, 2.75) is 24.9 Å². The molecule has 114 valence electrons. The van der Waals surface area contributed by atoms with Gasteiger partial charge in [0, 0.05) is 12.8 Å². The lowest BCUT2D eigenvalue weighted by molar-refractivity contribution is -0.185. The molecule has 0 saturated carbocycles. The van der Waals surface area contributed by atoms with Crippen LogP contribution in [0.1, 0.15) is 36.1 Å². The van der Waals surface area contributed by atoms with E-state index >= 15 is 0 Å². The minimum atomic E-state index is -0.261. The van der Waals surface area contributed by atoms with Crippen molar-refractivity contribution >= 4 is 5.78 Å². The van der Waals surface area contributed by atoms with Gasteiger partial charge in [0.05, 0.1) is 12.1 Å². The molecule has 2 atom stereocenters. The van der Waals surface area contributed by atoms with Crippen LogP contribution in [0.2, 0.25) is 0 Å². The number of hydroxylamine groups is 2. The molecule has 0 spiro atoms. The van der Waals surface area contributed by atoms with E-state index in [4.69, 9.17) is 0 Å². The lowest BCUT2D eigenvalue weighted by Gasteiger charge is -2.37. The van der Waals surface area contributed by atoms with Crippen LogP contribution in [-0.4, -0.2) is 16.1 Å². The van der Waals surface area contributed by atoms with Gasteiger partial charge in [-0.05, 0) is 11.1 Å². The molecule has 0 aliphatic carbocycles. The number of carbonyl (C=O) groups is 1. The molecule has 0 bridgehead atoms. The number of carbonyl (C=O) groups excluding carboxylic acids is 1. The molecule has 1 heterocycles. The highest BCUT2D eigenvalue weighted by Gasteiger charge is 2.35. The lowest BCUT2D eigenvalue weighted by atomic mass is 9.89. The molecule has 0 amide bonds. The van der Waals surface area contributed by atoms with E-state index in [1.165, 1.54) is 5.06 Å². The third kappa shape index (κ3) is 3.50. The number of benzene rings is 2. The molecule has 2 unspecified atom stereocenters. The zero-order valence-electron chi connectivity index (χ0n) is 12.6. The van der Waals surface area contributed by atoms with Gasteiger partial charge in [0.25, 0.3) is 0 Å². The number of rotatable bonds is 2. The average Bonchev–Trinajstić information content (AvgIpc) is 2.60. The van der Waals surface area contributed by atoms with Gasteiger partial charge in [-0.3, -0.25) is 4.79 Å². The van der Waals surface area contributed by atoms with Gasteiger partial charge in [-0.25, -0.2) is 0 Å². The van der Waals surface area contributed by atoms with Crippen molar-refractivity contribution in [1.82, 2.24) is 5.06 Å². The molecule has 22 heavy (non-hydrogen) atoms. The van der Waals surface area contributed by atoms with Crippen LogP contribution >= 0.6 is 0 Å². The lowest BCUT2D eigenvalue weighted by Crippen LogP contribution is -2.37. The second-order valence-corrected chi connectivity index (χ2v) is 5.18. The predicted molar refractivity (Wildman–Crippen MR) is 87.5 cm³/mol. The van der Waals surface area contributed by atoms with E-state index in [1.807, 2.05) is 60.7 Å². The van der Waals surface area contributed by atoms with Gasteiger partial charge < -0.3 is 5.21 Å². The Balaban J connectivity index is 0.000000847. The summed E-state index contributed by atoms with van der Waals surface area (Å²) in [4.78, 5) is 12.0. The first-order valence-electron chi connectivity index (χ1n) is 7.34. The zero-order chi connectivity index (χ0) is 15.9. The molecular weight excluding hydrogens is 274 g/mol.